The number of pyridine rings is 2. The lowest BCUT2D eigenvalue weighted by Crippen LogP contribution is -2.38. The molecule has 5 rings (SSSR count). The highest BCUT2D eigenvalue weighted by atomic mass is 16.6. The quantitative estimate of drug-likeness (QED) is 0.535. The molecule has 1 saturated heterocycles. The van der Waals surface area contributed by atoms with Crippen LogP contribution in [0.4, 0.5) is 5.82 Å². The van der Waals surface area contributed by atoms with Crippen LogP contribution in [-0.4, -0.2) is 60.6 Å². The number of anilines is 1. The Morgan fingerprint density at radius 3 is 2.94 bits per heavy atom. The zero-order chi connectivity index (χ0) is 23.7. The number of fused-ring (bicyclic) bond motifs is 3. The number of nitrogens with one attached hydrogen (secondary N) is 1. The monoisotopic (exact) mass is 466 g/mol. The predicted molar refractivity (Wildman–Crippen MR) is 127 cm³/mol. The molecule has 1 spiro atoms. The van der Waals surface area contributed by atoms with Crippen LogP contribution >= 0.6 is 0 Å². The van der Waals surface area contributed by atoms with Crippen molar-refractivity contribution in [1.29, 1.82) is 0 Å². The van der Waals surface area contributed by atoms with Crippen molar-refractivity contribution in [3.63, 3.8) is 0 Å². The summed E-state index contributed by atoms with van der Waals surface area (Å²) in [5.74, 6) is 0.351. The van der Waals surface area contributed by atoms with Gasteiger partial charge in [-0.2, -0.15) is 0 Å². The summed E-state index contributed by atoms with van der Waals surface area (Å²) in [6.07, 6.45) is 5.40. The summed E-state index contributed by atoms with van der Waals surface area (Å²) >= 11 is 0. The van der Waals surface area contributed by atoms with Crippen molar-refractivity contribution in [3.05, 3.63) is 41.3 Å². The Morgan fingerprint density at radius 1 is 1.29 bits per heavy atom. The Morgan fingerprint density at radius 2 is 2.18 bits per heavy atom. The highest BCUT2D eigenvalue weighted by Gasteiger charge is 2.44. The van der Waals surface area contributed by atoms with Gasteiger partial charge in [-0.1, -0.05) is 0 Å². The molecule has 1 fully saturated rings. The van der Waals surface area contributed by atoms with Gasteiger partial charge in [0.25, 0.3) is 0 Å². The topological polar surface area (TPSA) is 96.7 Å². The molecule has 0 aliphatic carbocycles. The molecule has 0 saturated carbocycles. The molecule has 180 valence electrons. The molecule has 2 aliphatic rings. The lowest BCUT2D eigenvalue weighted by atomic mass is 9.87. The van der Waals surface area contributed by atoms with Crippen LogP contribution in [0.15, 0.2) is 24.5 Å². The average Bonchev–Trinajstić information content (AvgIpc) is 3.41. The van der Waals surface area contributed by atoms with Gasteiger partial charge in [-0.3, -0.25) is 4.79 Å². The molecule has 1 atom stereocenters. The van der Waals surface area contributed by atoms with Crippen molar-refractivity contribution < 1.29 is 23.7 Å². The Bertz CT molecular complexity index is 1220. The van der Waals surface area contributed by atoms with Gasteiger partial charge in [-0.15, -0.1) is 0 Å². The fourth-order valence-corrected chi connectivity index (χ4v) is 4.87. The Kier molecular flexibility index (Phi) is 6.35. The maximum Gasteiger partial charge on any atom is 0.222 e. The first-order valence-corrected chi connectivity index (χ1v) is 11.6. The second-order valence-corrected chi connectivity index (χ2v) is 8.86. The number of carbonyl (C=O) groups excluding carboxylic acids is 1. The number of hydrogen-bond acceptors (Lipinski definition) is 7. The second-order valence-electron chi connectivity index (χ2n) is 8.86. The minimum absolute atomic E-state index is 0.160. The Balaban J connectivity index is 1.64. The van der Waals surface area contributed by atoms with E-state index >= 15 is 0 Å². The zero-order valence-corrected chi connectivity index (χ0v) is 19.8. The minimum atomic E-state index is -0.516. The van der Waals surface area contributed by atoms with Crippen LogP contribution in [0.3, 0.4) is 0 Å². The summed E-state index contributed by atoms with van der Waals surface area (Å²) in [5, 5.41) is 3.74. The molecule has 3 aromatic heterocycles. The molecule has 3 aromatic rings. The molecule has 34 heavy (non-hydrogen) atoms. The standard InChI is InChI=1S/C25H30N4O5/c1-16(30)27-23-11-19-20(13-29(2)22(19)12-26-23)21-10-17(14-32-9-8-31-3)18-4-6-34-25(24(18)28-21)5-7-33-15-25/h10-13H,4-9,14-15H2,1-3H3,(H,26,27,30). The number of hydrogen-bond donors (Lipinski definition) is 1. The van der Waals surface area contributed by atoms with Gasteiger partial charge < -0.3 is 28.8 Å². The summed E-state index contributed by atoms with van der Waals surface area (Å²) in [5.41, 5.74) is 5.50. The molecular formula is C25H30N4O5. The number of aromatic nitrogens is 3. The van der Waals surface area contributed by atoms with E-state index in [2.05, 4.69) is 22.6 Å². The molecule has 9 nitrogen and oxygen atoms in total. The fourth-order valence-electron chi connectivity index (χ4n) is 4.87. The number of aryl methyl sites for hydroxylation is 1. The third kappa shape index (κ3) is 4.20. The normalized spacial score (nSPS) is 19.6. The summed E-state index contributed by atoms with van der Waals surface area (Å²) < 4.78 is 25.1. The summed E-state index contributed by atoms with van der Waals surface area (Å²) in [7, 11) is 3.65. The van der Waals surface area contributed by atoms with Crippen molar-refractivity contribution in [3.8, 4) is 11.3 Å². The highest BCUT2D eigenvalue weighted by Crippen LogP contribution is 2.42. The van der Waals surface area contributed by atoms with E-state index in [1.807, 2.05) is 17.7 Å². The average molecular weight is 467 g/mol. The van der Waals surface area contributed by atoms with Gasteiger partial charge >= 0.3 is 0 Å². The number of carbonyl (C=O) groups is 1. The van der Waals surface area contributed by atoms with Gasteiger partial charge in [-0.05, 0) is 29.7 Å². The van der Waals surface area contributed by atoms with E-state index in [1.54, 1.807) is 13.3 Å². The summed E-state index contributed by atoms with van der Waals surface area (Å²) in [4.78, 5) is 21.1. The summed E-state index contributed by atoms with van der Waals surface area (Å²) in [6, 6.07) is 4.01. The van der Waals surface area contributed by atoms with Gasteiger partial charge in [0.05, 0.1) is 56.1 Å². The van der Waals surface area contributed by atoms with Gasteiger partial charge in [0.15, 0.2) is 0 Å². The van der Waals surface area contributed by atoms with E-state index in [-0.39, 0.29) is 5.91 Å². The molecule has 2 aliphatic heterocycles. The van der Waals surface area contributed by atoms with Gasteiger partial charge in [0.1, 0.15) is 11.4 Å². The number of methoxy groups -OCH3 is 1. The van der Waals surface area contributed by atoms with Gasteiger partial charge in [-0.25, -0.2) is 9.97 Å². The van der Waals surface area contributed by atoms with E-state index in [9.17, 15) is 4.79 Å². The van der Waals surface area contributed by atoms with Crippen LogP contribution in [-0.2, 0) is 49.4 Å². The van der Waals surface area contributed by atoms with Crippen molar-refractivity contribution >= 4 is 22.6 Å². The van der Waals surface area contributed by atoms with Crippen molar-refractivity contribution in [2.24, 2.45) is 7.05 Å². The highest BCUT2D eigenvalue weighted by molar-refractivity contribution is 5.98. The van der Waals surface area contributed by atoms with Crippen molar-refractivity contribution in [1.82, 2.24) is 14.5 Å². The van der Waals surface area contributed by atoms with Crippen molar-refractivity contribution in [2.75, 3.05) is 45.5 Å². The van der Waals surface area contributed by atoms with Crippen LogP contribution in [0.2, 0.25) is 0 Å². The van der Waals surface area contributed by atoms with Crippen LogP contribution in [0.1, 0.15) is 30.2 Å². The summed E-state index contributed by atoms with van der Waals surface area (Å²) in [6.45, 7) is 4.82. The first-order chi connectivity index (χ1) is 16.5. The van der Waals surface area contributed by atoms with E-state index in [1.165, 1.54) is 12.5 Å². The van der Waals surface area contributed by atoms with Crippen LogP contribution < -0.4 is 5.32 Å². The first-order valence-electron chi connectivity index (χ1n) is 11.6. The molecule has 0 radical (unpaired) electrons. The Hall–Kier alpha value is -2.85. The SMILES string of the molecule is COCCOCc1cc(-c2cn(C)c3cnc(NC(C)=O)cc23)nc2c1CCOC21CCOC1. The second kappa shape index (κ2) is 9.42. The molecule has 5 heterocycles. The third-order valence-corrected chi connectivity index (χ3v) is 6.51. The lowest BCUT2D eigenvalue weighted by Gasteiger charge is -2.35. The lowest BCUT2D eigenvalue weighted by molar-refractivity contribution is -0.114. The van der Waals surface area contributed by atoms with Crippen LogP contribution in [0.25, 0.3) is 22.2 Å². The Labute approximate surface area is 198 Å². The molecular weight excluding hydrogens is 436 g/mol. The van der Waals surface area contributed by atoms with Gasteiger partial charge in [0, 0.05) is 51.3 Å². The first kappa shape index (κ1) is 22.9. The van der Waals surface area contributed by atoms with Gasteiger partial charge in [0.2, 0.25) is 5.91 Å². The van der Waals surface area contributed by atoms with E-state index in [0.29, 0.717) is 45.5 Å². The molecule has 0 bridgehead atoms. The fraction of sp³-hybridized carbons (Fsp3) is 0.480. The largest absolute Gasteiger partial charge is 0.382 e. The number of rotatable bonds is 7. The maximum absolute atomic E-state index is 11.6. The number of ether oxygens (including phenoxy) is 4. The molecule has 1 unspecified atom stereocenters. The van der Waals surface area contributed by atoms with Crippen LogP contribution in [0.5, 0.6) is 0 Å². The van der Waals surface area contributed by atoms with Crippen LogP contribution in [0, 0.1) is 0 Å². The zero-order valence-electron chi connectivity index (χ0n) is 19.8. The van der Waals surface area contributed by atoms with E-state index < -0.39 is 5.60 Å². The third-order valence-electron chi connectivity index (χ3n) is 6.51. The molecule has 1 N–H and O–H groups in total. The van der Waals surface area contributed by atoms with E-state index in [0.717, 1.165) is 46.3 Å². The minimum Gasteiger partial charge on any atom is -0.382 e. The molecule has 9 heteroatoms. The smallest absolute Gasteiger partial charge is 0.222 e. The number of amides is 1. The number of nitrogens with zero attached hydrogens (tertiary/aromatic N) is 3. The predicted octanol–water partition coefficient (Wildman–Crippen LogP) is 2.95. The van der Waals surface area contributed by atoms with E-state index in [4.69, 9.17) is 23.9 Å². The molecule has 0 aromatic carbocycles. The molecule has 1 amide bonds. The van der Waals surface area contributed by atoms with Crippen molar-refractivity contribution in [2.45, 2.75) is 32.0 Å². The maximum atomic E-state index is 11.6.